The molecule has 0 unspecified atom stereocenters. The quantitative estimate of drug-likeness (QED) is 0.0226. The zero-order chi connectivity index (χ0) is 61.3. The Hall–Kier alpha value is -11.5. The van der Waals surface area contributed by atoms with Gasteiger partial charge in [0.15, 0.2) is 0 Å². The van der Waals surface area contributed by atoms with Crippen molar-refractivity contribution in [2.24, 2.45) is 0 Å². The maximum absolute atomic E-state index is 14.6. The third kappa shape index (κ3) is 12.4. The first kappa shape index (κ1) is 62.8. The fourth-order valence-corrected chi connectivity index (χ4v) is 7.90. The molecule has 3 aromatic rings. The van der Waals surface area contributed by atoms with Crippen LogP contribution in [0.5, 0.6) is 0 Å². The molecule has 422 valence electrons. The molecule has 34 nitrogen and oxygen atoms in total. The summed E-state index contributed by atoms with van der Waals surface area (Å²) in [4.78, 5) is 234. The average Bonchev–Trinajstić information content (AvgIpc) is 3.34. The van der Waals surface area contributed by atoms with E-state index in [1.54, 1.807) is 0 Å². The van der Waals surface area contributed by atoms with E-state index in [0.717, 1.165) is 19.3 Å². The van der Waals surface area contributed by atoms with E-state index in [1.807, 2.05) is 6.92 Å². The number of hydrogen-bond acceptors (Lipinski definition) is 21. The topological polar surface area (TPSA) is 598 Å². The minimum absolute atomic E-state index is 0.166. The molecule has 13 N–H and O–H groups in total. The van der Waals surface area contributed by atoms with Gasteiger partial charge >= 0.3 is 107 Å². The molecule has 0 atom stereocenters. The van der Waals surface area contributed by atoms with Crippen LogP contribution in [0.15, 0.2) is 0 Å². The summed E-state index contributed by atoms with van der Waals surface area (Å²) in [5.41, 5.74) is -42.4. The van der Waals surface area contributed by atoms with Gasteiger partial charge in [-0.05, 0) is 6.42 Å². The standard InChI is InChI=1S/C46H34O34/c1-2-3-4-5-6-7-8-9-10-78-42(73)26-22(40(69)70)17(35(59)60)23(41(71)72)27(45(76)79-43(74)24-18(36(61)62)13(31(51)52)11(29(47)48)14(32(53)54)19(24)37(63)64)28(26)46(77)80-44(75)25-20(38(65)66)15(33(55)56)12(30(49)50)16(34(57)58)21(25)39(67)68/h2-10H2,1H3,(H,47,48)(H,49,50)(H,51,52)(H,53,54)(H,55,56)(H,57,58)(H,59,60)(H,61,62)(H,63,64)(H,65,66)(H,67,68)(H,69,70)(H,71,72). The van der Waals surface area contributed by atoms with Gasteiger partial charge in [0, 0.05) is 0 Å². The number of aromatic carboxylic acids is 13. The molecular weight excluding hydrogens is 1100 g/mol. The molecule has 3 aromatic carbocycles. The van der Waals surface area contributed by atoms with E-state index >= 15 is 0 Å². The number of esters is 5. The van der Waals surface area contributed by atoms with E-state index in [1.165, 1.54) is 0 Å². The third-order valence-electron chi connectivity index (χ3n) is 10.9. The summed E-state index contributed by atoms with van der Waals surface area (Å²) in [5.74, 6) is -51.4. The Morgan fingerprint density at radius 3 is 0.575 bits per heavy atom. The highest BCUT2D eigenvalue weighted by Crippen LogP contribution is 2.36. The van der Waals surface area contributed by atoms with E-state index in [4.69, 9.17) is 4.74 Å². The average molecular weight is 1130 g/mol. The van der Waals surface area contributed by atoms with Crippen molar-refractivity contribution in [1.82, 2.24) is 0 Å². The maximum Gasteiger partial charge on any atom is 0.347 e. The van der Waals surface area contributed by atoms with Gasteiger partial charge in [-0.25, -0.2) is 86.3 Å². The molecule has 0 aliphatic carbocycles. The lowest BCUT2D eigenvalue weighted by Gasteiger charge is -2.21. The zero-order valence-electron chi connectivity index (χ0n) is 39.8. The van der Waals surface area contributed by atoms with Crippen LogP contribution in [0.25, 0.3) is 0 Å². The van der Waals surface area contributed by atoms with Crippen LogP contribution in [-0.4, -0.2) is 180 Å². The van der Waals surface area contributed by atoms with E-state index in [-0.39, 0.29) is 12.8 Å². The Morgan fingerprint density at radius 2 is 0.375 bits per heavy atom. The van der Waals surface area contributed by atoms with Crippen LogP contribution in [0.3, 0.4) is 0 Å². The van der Waals surface area contributed by atoms with Gasteiger partial charge in [0.1, 0.15) is 0 Å². The lowest BCUT2D eigenvalue weighted by atomic mass is 9.85. The van der Waals surface area contributed by atoms with Gasteiger partial charge in [0.25, 0.3) is 0 Å². The SMILES string of the molecule is CCCCCCCCCCOC(=O)c1c(C(=O)O)c(C(=O)O)c(C(=O)O)c(C(=O)OC(=O)c2c(C(=O)O)c(C(=O)O)c(C(=O)O)c(C(=O)O)c2C(=O)O)c1C(=O)OC(=O)c1c(C(=O)O)c(C(=O)O)c(C(=O)O)c(C(=O)O)c1C(=O)O. The van der Waals surface area contributed by atoms with Crippen molar-refractivity contribution in [3.63, 3.8) is 0 Å². The summed E-state index contributed by atoms with van der Waals surface area (Å²) in [5, 5.41) is 130. The zero-order valence-corrected chi connectivity index (χ0v) is 39.8. The smallest absolute Gasteiger partial charge is 0.347 e. The van der Waals surface area contributed by atoms with Crippen molar-refractivity contribution < 1.29 is 167 Å². The number of unbranched alkanes of at least 4 members (excludes halogenated alkanes) is 7. The minimum Gasteiger partial charge on any atom is -0.478 e. The molecule has 0 amide bonds. The summed E-state index contributed by atoms with van der Waals surface area (Å²) < 4.78 is 13.8. The van der Waals surface area contributed by atoms with Crippen LogP contribution < -0.4 is 0 Å². The van der Waals surface area contributed by atoms with Crippen LogP contribution in [0.1, 0.15) is 245 Å². The molecule has 0 aliphatic heterocycles. The van der Waals surface area contributed by atoms with E-state index in [2.05, 4.69) is 9.47 Å². The molecule has 0 aliphatic rings. The van der Waals surface area contributed by atoms with Crippen LogP contribution in [-0.2, 0) is 14.2 Å². The van der Waals surface area contributed by atoms with Gasteiger partial charge in [0.2, 0.25) is 0 Å². The largest absolute Gasteiger partial charge is 0.478 e. The predicted molar refractivity (Wildman–Crippen MR) is 242 cm³/mol. The molecular formula is C46H34O34. The first-order valence-electron chi connectivity index (χ1n) is 21.6. The van der Waals surface area contributed by atoms with Gasteiger partial charge < -0.3 is 80.6 Å². The van der Waals surface area contributed by atoms with Gasteiger partial charge in [-0.3, -0.25) is 0 Å². The first-order valence-corrected chi connectivity index (χ1v) is 21.6. The molecule has 0 fully saturated rings. The van der Waals surface area contributed by atoms with Crippen LogP contribution in [0, 0.1) is 0 Å². The van der Waals surface area contributed by atoms with E-state index in [0.29, 0.717) is 19.3 Å². The molecule has 0 saturated carbocycles. The Labute approximate surface area is 438 Å². The molecule has 0 bridgehead atoms. The van der Waals surface area contributed by atoms with Gasteiger partial charge in [-0.15, -0.1) is 0 Å². The Kier molecular flexibility index (Phi) is 19.9. The maximum atomic E-state index is 14.6. The van der Waals surface area contributed by atoms with Crippen molar-refractivity contribution in [3.8, 4) is 0 Å². The fourth-order valence-electron chi connectivity index (χ4n) is 7.90. The second kappa shape index (κ2) is 25.4. The van der Waals surface area contributed by atoms with Crippen LogP contribution in [0.4, 0.5) is 0 Å². The molecule has 0 radical (unpaired) electrons. The summed E-state index contributed by atoms with van der Waals surface area (Å²) in [7, 11) is 0. The third-order valence-corrected chi connectivity index (χ3v) is 10.9. The molecule has 3 rings (SSSR count). The Bertz CT molecular complexity index is 3280. The second-order valence-electron chi connectivity index (χ2n) is 15.7. The normalized spacial score (nSPS) is 10.6. The number of ether oxygens (including phenoxy) is 3. The highest BCUT2D eigenvalue weighted by Gasteiger charge is 2.47. The second-order valence-corrected chi connectivity index (χ2v) is 15.7. The number of benzene rings is 3. The molecule has 0 saturated heterocycles. The van der Waals surface area contributed by atoms with Crippen molar-refractivity contribution in [3.05, 3.63) is 100 Å². The van der Waals surface area contributed by atoms with Crippen molar-refractivity contribution in [1.29, 1.82) is 0 Å². The highest BCUT2D eigenvalue weighted by atomic mass is 16.6. The molecule has 0 spiro atoms. The number of carbonyl (C=O) groups excluding carboxylic acids is 5. The molecule has 34 heteroatoms. The Morgan fingerprint density at radius 1 is 0.225 bits per heavy atom. The van der Waals surface area contributed by atoms with Gasteiger partial charge in [-0.2, -0.15) is 0 Å². The van der Waals surface area contributed by atoms with Gasteiger partial charge in [-0.1, -0.05) is 51.9 Å². The Balaban J connectivity index is 2.75. The fraction of sp³-hybridized carbons (Fsp3) is 0.217. The van der Waals surface area contributed by atoms with Crippen molar-refractivity contribution in [2.45, 2.75) is 58.3 Å². The summed E-state index contributed by atoms with van der Waals surface area (Å²) >= 11 is 0. The minimum atomic E-state index is -3.13. The van der Waals surface area contributed by atoms with E-state index < -0.39 is 214 Å². The van der Waals surface area contributed by atoms with Crippen molar-refractivity contribution >= 4 is 107 Å². The highest BCUT2D eigenvalue weighted by molar-refractivity contribution is 6.29. The van der Waals surface area contributed by atoms with E-state index in [9.17, 15) is 153 Å². The van der Waals surface area contributed by atoms with Crippen LogP contribution in [0.2, 0.25) is 0 Å². The van der Waals surface area contributed by atoms with Gasteiger partial charge in [0.05, 0.1) is 107 Å². The number of carboxylic acid groups (broad SMARTS) is 13. The molecule has 80 heavy (non-hydrogen) atoms. The number of hydrogen-bond donors (Lipinski definition) is 13. The molecule has 0 aromatic heterocycles. The summed E-state index contributed by atoms with van der Waals surface area (Å²) in [6.45, 7) is 1.01. The number of carboxylic acids is 13. The first-order chi connectivity index (χ1) is 37.1. The number of rotatable bonds is 27. The lowest BCUT2D eigenvalue weighted by molar-refractivity contribution is 0.0342. The van der Waals surface area contributed by atoms with Crippen molar-refractivity contribution in [2.75, 3.05) is 6.61 Å². The number of carbonyl (C=O) groups is 18. The van der Waals surface area contributed by atoms with Crippen LogP contribution >= 0.6 is 0 Å². The molecule has 0 heterocycles. The summed E-state index contributed by atoms with van der Waals surface area (Å²) in [6, 6.07) is 0. The predicted octanol–water partition coefficient (Wildman–Crippen LogP) is 3.06. The monoisotopic (exact) mass is 1130 g/mol. The summed E-state index contributed by atoms with van der Waals surface area (Å²) in [6.07, 6.45) is 4.17. The lowest BCUT2D eigenvalue weighted by Crippen LogP contribution is -2.33.